The van der Waals surface area contributed by atoms with Gasteiger partial charge in [0.15, 0.2) is 0 Å². The van der Waals surface area contributed by atoms with E-state index in [1.165, 1.54) is 12.1 Å². The van der Waals surface area contributed by atoms with Gasteiger partial charge in [-0.15, -0.1) is 0 Å². The molecule has 0 bridgehead atoms. The highest BCUT2D eigenvalue weighted by Crippen LogP contribution is 2.34. The van der Waals surface area contributed by atoms with Gasteiger partial charge in [-0.3, -0.25) is 4.79 Å². The molecule has 4 nitrogen and oxygen atoms in total. The molecule has 2 aromatic rings. The molecule has 0 atom stereocenters. The second-order valence-electron chi connectivity index (χ2n) is 5.91. The molecule has 0 radical (unpaired) electrons. The van der Waals surface area contributed by atoms with Crippen molar-refractivity contribution >= 4 is 28.9 Å². The molecule has 0 aromatic heterocycles. The van der Waals surface area contributed by atoms with Crippen LogP contribution in [-0.2, 0) is 16.0 Å². The van der Waals surface area contributed by atoms with Crippen LogP contribution in [0.25, 0.3) is 0 Å². The highest BCUT2D eigenvalue weighted by Gasteiger charge is 2.19. The van der Waals surface area contributed by atoms with Crippen LogP contribution >= 0.6 is 11.6 Å². The van der Waals surface area contributed by atoms with E-state index >= 15 is 0 Å². The SMILES string of the molecule is O=C(CCc1cccc(F)c1)Nc1cccc(Cl)c1N1CCOCC1. The van der Waals surface area contributed by atoms with Gasteiger partial charge < -0.3 is 15.0 Å². The van der Waals surface area contributed by atoms with Crippen molar-refractivity contribution in [1.82, 2.24) is 0 Å². The van der Waals surface area contributed by atoms with E-state index in [0.29, 0.717) is 30.3 Å². The van der Waals surface area contributed by atoms with E-state index in [1.807, 2.05) is 24.3 Å². The molecule has 132 valence electrons. The third kappa shape index (κ3) is 4.71. The van der Waals surface area contributed by atoms with E-state index in [1.54, 1.807) is 6.07 Å². The minimum Gasteiger partial charge on any atom is -0.378 e. The third-order valence-electron chi connectivity index (χ3n) is 4.12. The van der Waals surface area contributed by atoms with E-state index in [-0.39, 0.29) is 18.1 Å². The summed E-state index contributed by atoms with van der Waals surface area (Å²) in [5.74, 6) is -0.414. The van der Waals surface area contributed by atoms with Crippen molar-refractivity contribution in [3.63, 3.8) is 0 Å². The normalized spacial score (nSPS) is 14.4. The first-order valence-electron chi connectivity index (χ1n) is 8.29. The number of carbonyl (C=O) groups is 1. The quantitative estimate of drug-likeness (QED) is 0.877. The van der Waals surface area contributed by atoms with Crippen molar-refractivity contribution in [2.45, 2.75) is 12.8 Å². The molecule has 1 N–H and O–H groups in total. The molecule has 25 heavy (non-hydrogen) atoms. The summed E-state index contributed by atoms with van der Waals surface area (Å²) in [6, 6.07) is 11.8. The Bertz CT molecular complexity index is 748. The van der Waals surface area contributed by atoms with Crippen LogP contribution < -0.4 is 10.2 Å². The lowest BCUT2D eigenvalue weighted by Gasteiger charge is -2.31. The summed E-state index contributed by atoms with van der Waals surface area (Å²) in [6.45, 7) is 2.74. The molecule has 0 saturated carbocycles. The lowest BCUT2D eigenvalue weighted by molar-refractivity contribution is -0.116. The second kappa shape index (κ2) is 8.32. The van der Waals surface area contributed by atoms with Crippen LogP contribution in [0.2, 0.25) is 5.02 Å². The number of rotatable bonds is 5. The molecule has 0 aliphatic carbocycles. The first-order chi connectivity index (χ1) is 12.1. The molecule has 1 aliphatic heterocycles. The lowest BCUT2D eigenvalue weighted by atomic mass is 10.1. The van der Waals surface area contributed by atoms with E-state index in [0.717, 1.165) is 24.3 Å². The molecule has 0 spiro atoms. The van der Waals surface area contributed by atoms with Crippen molar-refractivity contribution in [1.29, 1.82) is 0 Å². The van der Waals surface area contributed by atoms with E-state index in [9.17, 15) is 9.18 Å². The van der Waals surface area contributed by atoms with Gasteiger partial charge >= 0.3 is 0 Å². The zero-order valence-electron chi connectivity index (χ0n) is 13.8. The van der Waals surface area contributed by atoms with Crippen LogP contribution in [0.5, 0.6) is 0 Å². The molecule has 1 saturated heterocycles. The zero-order chi connectivity index (χ0) is 17.6. The van der Waals surface area contributed by atoms with Crippen molar-refractivity contribution in [2.75, 3.05) is 36.5 Å². The third-order valence-corrected chi connectivity index (χ3v) is 4.42. The first-order valence-corrected chi connectivity index (χ1v) is 8.67. The lowest BCUT2D eigenvalue weighted by Crippen LogP contribution is -2.37. The van der Waals surface area contributed by atoms with E-state index in [4.69, 9.17) is 16.3 Å². The van der Waals surface area contributed by atoms with Crippen LogP contribution in [0.3, 0.4) is 0 Å². The highest BCUT2D eigenvalue weighted by molar-refractivity contribution is 6.34. The van der Waals surface area contributed by atoms with Gasteiger partial charge in [0, 0.05) is 19.5 Å². The number of para-hydroxylation sites is 1. The predicted molar refractivity (Wildman–Crippen MR) is 97.8 cm³/mol. The summed E-state index contributed by atoms with van der Waals surface area (Å²) in [5, 5.41) is 3.54. The van der Waals surface area contributed by atoms with Gasteiger partial charge in [-0.25, -0.2) is 4.39 Å². The summed E-state index contributed by atoms with van der Waals surface area (Å²) in [5.41, 5.74) is 2.32. The maximum absolute atomic E-state index is 13.2. The van der Waals surface area contributed by atoms with Crippen LogP contribution in [0, 0.1) is 5.82 Å². The number of anilines is 2. The van der Waals surface area contributed by atoms with E-state index in [2.05, 4.69) is 10.2 Å². The Morgan fingerprint density at radius 1 is 1.20 bits per heavy atom. The number of nitrogens with one attached hydrogen (secondary N) is 1. The van der Waals surface area contributed by atoms with Gasteiger partial charge in [0.25, 0.3) is 0 Å². The molecule has 1 heterocycles. The summed E-state index contributed by atoms with van der Waals surface area (Å²) in [6.07, 6.45) is 0.759. The summed E-state index contributed by atoms with van der Waals surface area (Å²) < 4.78 is 18.6. The molecule has 1 fully saturated rings. The largest absolute Gasteiger partial charge is 0.378 e. The fourth-order valence-electron chi connectivity index (χ4n) is 2.89. The van der Waals surface area contributed by atoms with Gasteiger partial charge in [-0.1, -0.05) is 29.8 Å². The van der Waals surface area contributed by atoms with Crippen LogP contribution in [0.15, 0.2) is 42.5 Å². The molecule has 1 amide bonds. The topological polar surface area (TPSA) is 41.6 Å². The number of nitrogens with zero attached hydrogens (tertiary/aromatic N) is 1. The minimum atomic E-state index is -0.289. The summed E-state index contributed by atoms with van der Waals surface area (Å²) in [7, 11) is 0. The average Bonchev–Trinajstić information content (AvgIpc) is 2.61. The monoisotopic (exact) mass is 362 g/mol. The molecular weight excluding hydrogens is 343 g/mol. The van der Waals surface area contributed by atoms with Crippen LogP contribution in [-0.4, -0.2) is 32.2 Å². The Labute approximate surface area is 151 Å². The molecule has 1 aliphatic rings. The summed E-state index contributed by atoms with van der Waals surface area (Å²) in [4.78, 5) is 14.4. The Morgan fingerprint density at radius 3 is 2.72 bits per heavy atom. The second-order valence-corrected chi connectivity index (χ2v) is 6.32. The predicted octanol–water partition coefficient (Wildman–Crippen LogP) is 3.89. The number of amides is 1. The molecule has 6 heteroatoms. The molecule has 3 rings (SSSR count). The average molecular weight is 363 g/mol. The number of benzene rings is 2. The highest BCUT2D eigenvalue weighted by atomic mass is 35.5. The zero-order valence-corrected chi connectivity index (χ0v) is 14.6. The molecular formula is C19H20ClFN2O2. The molecule has 2 aromatic carbocycles. The number of carbonyl (C=O) groups excluding carboxylic acids is 1. The van der Waals surface area contributed by atoms with Gasteiger partial charge in [0.2, 0.25) is 5.91 Å². The maximum atomic E-state index is 13.2. The van der Waals surface area contributed by atoms with Crippen molar-refractivity contribution < 1.29 is 13.9 Å². The Kier molecular flexibility index (Phi) is 5.89. The number of hydrogen-bond acceptors (Lipinski definition) is 3. The van der Waals surface area contributed by atoms with Crippen molar-refractivity contribution in [3.05, 3.63) is 58.9 Å². The number of halogens is 2. The van der Waals surface area contributed by atoms with Crippen molar-refractivity contribution in [2.24, 2.45) is 0 Å². The van der Waals surface area contributed by atoms with Crippen LogP contribution in [0.1, 0.15) is 12.0 Å². The smallest absolute Gasteiger partial charge is 0.224 e. The van der Waals surface area contributed by atoms with Gasteiger partial charge in [0.05, 0.1) is 29.6 Å². The Balaban J connectivity index is 1.67. The summed E-state index contributed by atoms with van der Waals surface area (Å²) >= 11 is 6.36. The number of aryl methyl sites for hydroxylation is 1. The number of ether oxygens (including phenoxy) is 1. The maximum Gasteiger partial charge on any atom is 0.224 e. The van der Waals surface area contributed by atoms with Gasteiger partial charge in [0.1, 0.15) is 5.82 Å². The van der Waals surface area contributed by atoms with Crippen LogP contribution in [0.4, 0.5) is 15.8 Å². The fourth-order valence-corrected chi connectivity index (χ4v) is 3.18. The van der Waals surface area contributed by atoms with E-state index < -0.39 is 0 Å². The number of morpholine rings is 1. The van der Waals surface area contributed by atoms with Crippen molar-refractivity contribution in [3.8, 4) is 0 Å². The molecule has 0 unspecified atom stereocenters. The Hall–Kier alpha value is -2.11. The first kappa shape index (κ1) is 17.7. The van der Waals surface area contributed by atoms with Gasteiger partial charge in [-0.2, -0.15) is 0 Å². The standard InChI is InChI=1S/C19H20ClFN2O2/c20-16-5-2-6-17(19(16)23-9-11-25-12-10-23)22-18(24)8-7-14-3-1-4-15(21)13-14/h1-6,13H,7-12H2,(H,22,24). The fraction of sp³-hybridized carbons (Fsp3) is 0.316. The Morgan fingerprint density at radius 2 is 1.96 bits per heavy atom. The number of hydrogen-bond donors (Lipinski definition) is 1. The minimum absolute atomic E-state index is 0.124. The van der Waals surface area contributed by atoms with Gasteiger partial charge in [-0.05, 0) is 36.2 Å².